The number of ether oxygens (including phenoxy) is 2. The molecule has 1 aliphatic rings. The Bertz CT molecular complexity index is 441. The summed E-state index contributed by atoms with van der Waals surface area (Å²) in [4.78, 5) is 16.9. The van der Waals surface area contributed by atoms with Crippen LogP contribution in [0.1, 0.15) is 42.1 Å². The van der Waals surface area contributed by atoms with Crippen LogP contribution in [-0.4, -0.2) is 36.3 Å². The monoisotopic (exact) mass is 284 g/mol. The van der Waals surface area contributed by atoms with Gasteiger partial charge in [-0.15, -0.1) is 11.3 Å². The number of esters is 1. The Morgan fingerprint density at radius 3 is 3.11 bits per heavy atom. The first-order valence-electron chi connectivity index (χ1n) is 6.64. The third-order valence-corrected chi connectivity index (χ3v) is 4.04. The highest BCUT2D eigenvalue weighted by atomic mass is 32.1. The van der Waals surface area contributed by atoms with Gasteiger partial charge in [0, 0.05) is 11.5 Å². The summed E-state index contributed by atoms with van der Waals surface area (Å²) in [5.74, 6) is -0.353. The minimum atomic E-state index is -0.353. The number of hydrogen-bond acceptors (Lipinski definition) is 6. The molecule has 0 aromatic carbocycles. The SMILES string of the molecule is CCOC(=O)c1nc(NC(C)C2CCCO2)sc1C. The average molecular weight is 284 g/mol. The molecule has 1 saturated heterocycles. The molecule has 0 amide bonds. The molecule has 0 bridgehead atoms. The van der Waals surface area contributed by atoms with Crippen molar-refractivity contribution >= 4 is 22.4 Å². The van der Waals surface area contributed by atoms with Gasteiger partial charge < -0.3 is 14.8 Å². The summed E-state index contributed by atoms with van der Waals surface area (Å²) in [6, 6.07) is 0.197. The lowest BCUT2D eigenvalue weighted by Crippen LogP contribution is -2.29. The zero-order valence-corrected chi connectivity index (χ0v) is 12.4. The lowest BCUT2D eigenvalue weighted by atomic mass is 10.1. The summed E-state index contributed by atoms with van der Waals surface area (Å²) in [5.41, 5.74) is 0.411. The molecule has 2 heterocycles. The predicted molar refractivity (Wildman–Crippen MR) is 74.9 cm³/mol. The van der Waals surface area contributed by atoms with Crippen LogP contribution in [0.25, 0.3) is 0 Å². The molecule has 1 fully saturated rings. The van der Waals surface area contributed by atoms with E-state index < -0.39 is 0 Å². The van der Waals surface area contributed by atoms with Gasteiger partial charge in [-0.3, -0.25) is 0 Å². The molecule has 1 aromatic heterocycles. The van der Waals surface area contributed by atoms with Crippen molar-refractivity contribution in [3.8, 4) is 0 Å². The molecule has 19 heavy (non-hydrogen) atoms. The molecule has 106 valence electrons. The number of nitrogens with zero attached hydrogens (tertiary/aromatic N) is 1. The lowest BCUT2D eigenvalue weighted by Gasteiger charge is -2.19. The summed E-state index contributed by atoms with van der Waals surface area (Å²) in [6.45, 7) is 6.95. The maximum atomic E-state index is 11.7. The minimum Gasteiger partial charge on any atom is -0.461 e. The molecular weight excluding hydrogens is 264 g/mol. The first-order valence-corrected chi connectivity index (χ1v) is 7.46. The zero-order valence-electron chi connectivity index (χ0n) is 11.6. The number of nitrogens with one attached hydrogen (secondary N) is 1. The second-order valence-electron chi connectivity index (χ2n) is 4.63. The third-order valence-electron chi connectivity index (χ3n) is 3.14. The van der Waals surface area contributed by atoms with Gasteiger partial charge in [0.1, 0.15) is 0 Å². The number of thiazole rings is 1. The molecule has 5 nitrogen and oxygen atoms in total. The van der Waals surface area contributed by atoms with Crippen molar-refractivity contribution in [3.05, 3.63) is 10.6 Å². The minimum absolute atomic E-state index is 0.197. The summed E-state index contributed by atoms with van der Waals surface area (Å²) >= 11 is 1.48. The highest BCUT2D eigenvalue weighted by Crippen LogP contribution is 2.25. The first kappa shape index (κ1) is 14.3. The molecule has 0 saturated carbocycles. The van der Waals surface area contributed by atoms with E-state index in [9.17, 15) is 4.79 Å². The normalized spacial score (nSPS) is 20.3. The molecule has 0 spiro atoms. The van der Waals surface area contributed by atoms with E-state index in [2.05, 4.69) is 17.2 Å². The fourth-order valence-corrected chi connectivity index (χ4v) is 3.03. The van der Waals surface area contributed by atoms with E-state index in [1.54, 1.807) is 6.92 Å². The maximum Gasteiger partial charge on any atom is 0.358 e. The molecule has 0 radical (unpaired) electrons. The Hall–Kier alpha value is -1.14. The van der Waals surface area contributed by atoms with Crippen molar-refractivity contribution in [2.75, 3.05) is 18.5 Å². The van der Waals surface area contributed by atoms with E-state index in [0.29, 0.717) is 12.3 Å². The van der Waals surface area contributed by atoms with Crippen molar-refractivity contribution in [2.45, 2.75) is 45.8 Å². The van der Waals surface area contributed by atoms with E-state index in [1.807, 2.05) is 6.92 Å². The van der Waals surface area contributed by atoms with Gasteiger partial charge >= 0.3 is 5.97 Å². The van der Waals surface area contributed by atoms with Gasteiger partial charge in [-0.25, -0.2) is 9.78 Å². The predicted octanol–water partition coefficient (Wildman–Crippen LogP) is 2.61. The molecule has 1 aliphatic heterocycles. The van der Waals surface area contributed by atoms with E-state index in [4.69, 9.17) is 9.47 Å². The number of carbonyl (C=O) groups excluding carboxylic acids is 1. The number of aromatic nitrogens is 1. The van der Waals surface area contributed by atoms with Gasteiger partial charge in [-0.2, -0.15) is 0 Å². The number of rotatable bonds is 5. The van der Waals surface area contributed by atoms with E-state index in [0.717, 1.165) is 29.5 Å². The second-order valence-corrected chi connectivity index (χ2v) is 5.83. The van der Waals surface area contributed by atoms with Gasteiger partial charge in [0.2, 0.25) is 0 Å². The average Bonchev–Trinajstić information content (AvgIpc) is 2.99. The van der Waals surface area contributed by atoms with Crippen LogP contribution in [0.15, 0.2) is 0 Å². The second kappa shape index (κ2) is 6.34. The Kier molecular flexibility index (Phi) is 4.76. The van der Waals surface area contributed by atoms with Gasteiger partial charge in [-0.05, 0) is 33.6 Å². The fraction of sp³-hybridized carbons (Fsp3) is 0.692. The first-order chi connectivity index (χ1) is 9.11. The van der Waals surface area contributed by atoms with Crippen LogP contribution in [0.2, 0.25) is 0 Å². The summed E-state index contributed by atoms with van der Waals surface area (Å²) in [7, 11) is 0. The van der Waals surface area contributed by atoms with Crippen LogP contribution in [0.4, 0.5) is 5.13 Å². The van der Waals surface area contributed by atoms with Crippen LogP contribution in [0.5, 0.6) is 0 Å². The largest absolute Gasteiger partial charge is 0.461 e. The van der Waals surface area contributed by atoms with Crippen molar-refractivity contribution in [1.29, 1.82) is 0 Å². The van der Waals surface area contributed by atoms with Gasteiger partial charge in [0.25, 0.3) is 0 Å². The standard InChI is InChI=1S/C13H20N2O3S/c1-4-17-12(16)11-9(3)19-13(15-11)14-8(2)10-6-5-7-18-10/h8,10H,4-7H2,1-3H3,(H,14,15). The van der Waals surface area contributed by atoms with E-state index >= 15 is 0 Å². The highest BCUT2D eigenvalue weighted by Gasteiger charge is 2.24. The summed E-state index contributed by atoms with van der Waals surface area (Å²) < 4.78 is 10.6. The van der Waals surface area contributed by atoms with Crippen molar-refractivity contribution in [2.24, 2.45) is 0 Å². The van der Waals surface area contributed by atoms with Crippen LogP contribution >= 0.6 is 11.3 Å². The van der Waals surface area contributed by atoms with Crippen LogP contribution in [0, 0.1) is 6.92 Å². The topological polar surface area (TPSA) is 60.5 Å². The van der Waals surface area contributed by atoms with Crippen molar-refractivity contribution in [3.63, 3.8) is 0 Å². The third kappa shape index (κ3) is 3.45. The van der Waals surface area contributed by atoms with Crippen LogP contribution in [0.3, 0.4) is 0 Å². The van der Waals surface area contributed by atoms with Gasteiger partial charge in [-0.1, -0.05) is 0 Å². The maximum absolute atomic E-state index is 11.7. The molecule has 0 aliphatic carbocycles. The number of carbonyl (C=O) groups is 1. The summed E-state index contributed by atoms with van der Waals surface area (Å²) in [5, 5.41) is 4.07. The molecule has 2 rings (SSSR count). The fourth-order valence-electron chi connectivity index (χ4n) is 2.13. The van der Waals surface area contributed by atoms with Crippen LogP contribution < -0.4 is 5.32 Å². The summed E-state index contributed by atoms with van der Waals surface area (Å²) in [6.07, 6.45) is 2.42. The smallest absolute Gasteiger partial charge is 0.358 e. The zero-order chi connectivity index (χ0) is 13.8. The molecule has 2 atom stereocenters. The quantitative estimate of drug-likeness (QED) is 0.842. The van der Waals surface area contributed by atoms with Gasteiger partial charge in [0.15, 0.2) is 10.8 Å². The molecule has 2 unspecified atom stereocenters. The Labute approximate surface area is 117 Å². The van der Waals surface area contributed by atoms with E-state index in [1.165, 1.54) is 11.3 Å². The molecule has 6 heteroatoms. The van der Waals surface area contributed by atoms with Crippen molar-refractivity contribution in [1.82, 2.24) is 4.98 Å². The number of anilines is 1. The molecule has 1 aromatic rings. The Balaban J connectivity index is 2.01. The lowest BCUT2D eigenvalue weighted by molar-refractivity contribution is 0.0519. The Morgan fingerprint density at radius 2 is 2.47 bits per heavy atom. The number of aryl methyl sites for hydroxylation is 1. The van der Waals surface area contributed by atoms with Crippen molar-refractivity contribution < 1.29 is 14.3 Å². The number of hydrogen-bond donors (Lipinski definition) is 1. The highest BCUT2D eigenvalue weighted by molar-refractivity contribution is 7.15. The van der Waals surface area contributed by atoms with Crippen LogP contribution in [-0.2, 0) is 9.47 Å². The van der Waals surface area contributed by atoms with E-state index in [-0.39, 0.29) is 18.1 Å². The molecule has 1 N–H and O–H groups in total. The van der Waals surface area contributed by atoms with Gasteiger partial charge in [0.05, 0.1) is 18.8 Å². The Morgan fingerprint density at radius 1 is 1.68 bits per heavy atom. The molecular formula is C13H20N2O3S.